The van der Waals surface area contributed by atoms with Gasteiger partial charge in [0.2, 0.25) is 0 Å². The van der Waals surface area contributed by atoms with Crippen LogP contribution < -0.4 is 4.74 Å². The summed E-state index contributed by atoms with van der Waals surface area (Å²) in [5, 5.41) is 8.94. The molecule has 2 aromatic rings. The van der Waals surface area contributed by atoms with Crippen molar-refractivity contribution in [3.8, 4) is 11.8 Å². The zero-order valence-corrected chi connectivity index (χ0v) is 18.8. The van der Waals surface area contributed by atoms with Gasteiger partial charge < -0.3 is 9.47 Å². The average Bonchev–Trinajstić information content (AvgIpc) is 2.81. The zero-order chi connectivity index (χ0) is 22.6. The van der Waals surface area contributed by atoms with Gasteiger partial charge in [-0.2, -0.15) is 5.26 Å². The number of nitriles is 1. The Morgan fingerprint density at radius 2 is 2.00 bits per heavy atom. The molecule has 0 spiro atoms. The third-order valence-corrected chi connectivity index (χ3v) is 7.05. The van der Waals surface area contributed by atoms with Crippen molar-refractivity contribution in [2.24, 2.45) is 11.8 Å². The van der Waals surface area contributed by atoms with Gasteiger partial charge in [-0.1, -0.05) is 42.5 Å². The van der Waals surface area contributed by atoms with Gasteiger partial charge in [0.05, 0.1) is 17.7 Å². The molecule has 1 fully saturated rings. The highest BCUT2D eigenvalue weighted by atomic mass is 19.1. The minimum atomic E-state index is -0.404. The summed E-state index contributed by atoms with van der Waals surface area (Å²) in [5.41, 5.74) is 3.28. The molecule has 0 N–H and O–H groups in total. The predicted octanol–water partition coefficient (Wildman–Crippen LogP) is 5.17. The topological polar surface area (TPSA) is 45.5 Å². The highest BCUT2D eigenvalue weighted by Gasteiger charge is 2.29. The van der Waals surface area contributed by atoms with Gasteiger partial charge in [-0.25, -0.2) is 4.39 Å². The predicted molar refractivity (Wildman–Crippen MR) is 125 cm³/mol. The standard InChI is InChI=1S/C28H29FN2O2/c29-27-14-20(16-30)8-9-24(27)19-33-28-7-3-6-21-10-12-31(18-26(21)28)17-23-5-2-1-4-22(23)15-25-11-13-32-25/h1-9,14,22-23,25H,10-13,15,17-19H2. The SMILES string of the molecule is N#Cc1ccc(COc2cccc3c2CN(CC2C=CC=CC2CC2CCO2)CC3)c(F)c1. The number of rotatable bonds is 7. The lowest BCUT2D eigenvalue weighted by molar-refractivity contribution is -0.0628. The molecule has 33 heavy (non-hydrogen) atoms. The molecule has 1 saturated heterocycles. The molecule has 170 valence electrons. The summed E-state index contributed by atoms with van der Waals surface area (Å²) in [4.78, 5) is 2.51. The van der Waals surface area contributed by atoms with Crippen LogP contribution in [-0.4, -0.2) is 30.7 Å². The Kier molecular flexibility index (Phi) is 6.57. The first kappa shape index (κ1) is 21.9. The first-order valence-corrected chi connectivity index (χ1v) is 11.8. The van der Waals surface area contributed by atoms with E-state index < -0.39 is 5.82 Å². The lowest BCUT2D eigenvalue weighted by Gasteiger charge is -2.37. The fourth-order valence-corrected chi connectivity index (χ4v) is 5.01. The number of hydrogen-bond donors (Lipinski definition) is 0. The van der Waals surface area contributed by atoms with E-state index >= 15 is 0 Å². The molecule has 3 atom stereocenters. The van der Waals surface area contributed by atoms with E-state index in [0.29, 0.717) is 29.1 Å². The summed E-state index contributed by atoms with van der Waals surface area (Å²) in [5.74, 6) is 1.42. The second-order valence-corrected chi connectivity index (χ2v) is 9.20. The Hall–Kier alpha value is -2.94. The van der Waals surface area contributed by atoms with Crippen LogP contribution in [0, 0.1) is 29.0 Å². The van der Waals surface area contributed by atoms with Crippen molar-refractivity contribution in [2.75, 3.05) is 19.7 Å². The maximum Gasteiger partial charge on any atom is 0.131 e. The van der Waals surface area contributed by atoms with Crippen LogP contribution in [0.25, 0.3) is 0 Å². The fraction of sp³-hybridized carbons (Fsp3) is 0.393. The third kappa shape index (κ3) is 5.03. The second-order valence-electron chi connectivity index (χ2n) is 9.20. The number of benzene rings is 2. The van der Waals surface area contributed by atoms with Gasteiger partial charge in [0.1, 0.15) is 18.2 Å². The fourth-order valence-electron chi connectivity index (χ4n) is 5.01. The van der Waals surface area contributed by atoms with E-state index in [1.54, 1.807) is 12.1 Å². The number of fused-ring (bicyclic) bond motifs is 1. The van der Waals surface area contributed by atoms with Crippen LogP contribution in [0.15, 0.2) is 60.7 Å². The number of halogens is 1. The Morgan fingerprint density at radius 1 is 1.15 bits per heavy atom. The first-order valence-electron chi connectivity index (χ1n) is 11.8. The largest absolute Gasteiger partial charge is 0.488 e. The van der Waals surface area contributed by atoms with Crippen molar-refractivity contribution in [3.05, 3.63) is 88.8 Å². The van der Waals surface area contributed by atoms with Crippen LogP contribution in [-0.2, 0) is 24.3 Å². The molecule has 3 aliphatic rings. The molecule has 1 aliphatic carbocycles. The van der Waals surface area contributed by atoms with Gasteiger partial charge in [-0.3, -0.25) is 4.90 Å². The minimum Gasteiger partial charge on any atom is -0.488 e. The van der Waals surface area contributed by atoms with Gasteiger partial charge in [-0.15, -0.1) is 0 Å². The normalized spacial score (nSPS) is 24.1. The van der Waals surface area contributed by atoms with E-state index in [9.17, 15) is 4.39 Å². The van der Waals surface area contributed by atoms with Crippen LogP contribution >= 0.6 is 0 Å². The molecule has 2 heterocycles. The Balaban J connectivity index is 1.25. The summed E-state index contributed by atoms with van der Waals surface area (Å²) in [6.07, 6.45) is 12.7. The average molecular weight is 445 g/mol. The first-order chi connectivity index (χ1) is 16.2. The molecule has 0 saturated carbocycles. The van der Waals surface area contributed by atoms with Gasteiger partial charge in [0, 0.05) is 37.4 Å². The van der Waals surface area contributed by atoms with E-state index in [0.717, 1.165) is 44.8 Å². The summed E-state index contributed by atoms with van der Waals surface area (Å²) in [7, 11) is 0. The number of nitrogens with zero attached hydrogens (tertiary/aromatic N) is 2. The highest BCUT2D eigenvalue weighted by Crippen LogP contribution is 2.33. The van der Waals surface area contributed by atoms with Crippen LogP contribution in [0.3, 0.4) is 0 Å². The monoisotopic (exact) mass is 444 g/mol. The number of hydrogen-bond acceptors (Lipinski definition) is 4. The molecular weight excluding hydrogens is 415 g/mol. The molecule has 3 unspecified atom stereocenters. The van der Waals surface area contributed by atoms with Gasteiger partial charge in [0.15, 0.2) is 0 Å². The van der Waals surface area contributed by atoms with E-state index in [1.165, 1.54) is 23.6 Å². The molecular formula is C28H29FN2O2. The molecule has 5 rings (SSSR count). The minimum absolute atomic E-state index is 0.146. The molecule has 2 aliphatic heterocycles. The molecule has 2 aromatic carbocycles. The molecule has 0 radical (unpaired) electrons. The van der Waals surface area contributed by atoms with Gasteiger partial charge in [0.25, 0.3) is 0 Å². The summed E-state index contributed by atoms with van der Waals surface area (Å²) >= 11 is 0. The molecule has 0 bridgehead atoms. The van der Waals surface area contributed by atoms with Crippen molar-refractivity contribution >= 4 is 0 Å². The molecule has 4 nitrogen and oxygen atoms in total. The van der Waals surface area contributed by atoms with E-state index in [1.807, 2.05) is 18.2 Å². The van der Waals surface area contributed by atoms with Crippen molar-refractivity contribution in [1.82, 2.24) is 4.90 Å². The van der Waals surface area contributed by atoms with Crippen molar-refractivity contribution < 1.29 is 13.9 Å². The third-order valence-electron chi connectivity index (χ3n) is 7.05. The summed E-state index contributed by atoms with van der Waals surface area (Å²) < 4.78 is 26.1. The van der Waals surface area contributed by atoms with Crippen molar-refractivity contribution in [2.45, 2.75) is 38.5 Å². The van der Waals surface area contributed by atoms with Gasteiger partial charge in [-0.05, 0) is 54.9 Å². The van der Waals surface area contributed by atoms with Crippen LogP contribution in [0.2, 0.25) is 0 Å². The molecule has 0 aromatic heterocycles. The van der Waals surface area contributed by atoms with Crippen LogP contribution in [0.4, 0.5) is 4.39 Å². The van der Waals surface area contributed by atoms with Crippen molar-refractivity contribution in [1.29, 1.82) is 5.26 Å². The zero-order valence-electron chi connectivity index (χ0n) is 18.8. The Bertz CT molecular complexity index is 1100. The Labute approximate surface area is 194 Å². The van der Waals surface area contributed by atoms with E-state index in [-0.39, 0.29) is 6.61 Å². The quantitative estimate of drug-likeness (QED) is 0.591. The Morgan fingerprint density at radius 3 is 2.76 bits per heavy atom. The lowest BCUT2D eigenvalue weighted by Crippen LogP contribution is -2.38. The van der Waals surface area contributed by atoms with E-state index in [4.69, 9.17) is 14.7 Å². The molecule has 0 amide bonds. The maximum absolute atomic E-state index is 14.3. The number of allylic oxidation sites excluding steroid dienone is 3. The maximum atomic E-state index is 14.3. The number of ether oxygens (including phenoxy) is 2. The van der Waals surface area contributed by atoms with Gasteiger partial charge >= 0.3 is 0 Å². The smallest absolute Gasteiger partial charge is 0.131 e. The van der Waals surface area contributed by atoms with E-state index in [2.05, 4.69) is 35.3 Å². The molecule has 5 heteroatoms. The van der Waals surface area contributed by atoms with Crippen LogP contribution in [0.5, 0.6) is 5.75 Å². The van der Waals surface area contributed by atoms with Crippen molar-refractivity contribution in [3.63, 3.8) is 0 Å². The van der Waals surface area contributed by atoms with Crippen LogP contribution in [0.1, 0.15) is 35.1 Å². The highest BCUT2D eigenvalue weighted by molar-refractivity contribution is 5.42. The summed E-state index contributed by atoms with van der Waals surface area (Å²) in [6, 6.07) is 12.6. The summed E-state index contributed by atoms with van der Waals surface area (Å²) in [6.45, 7) is 3.92. The lowest BCUT2D eigenvalue weighted by atomic mass is 9.82. The second kappa shape index (κ2) is 9.91.